The largest absolute Gasteiger partial charge is 0.490 e. The van der Waals surface area contributed by atoms with Crippen molar-refractivity contribution in [3.05, 3.63) is 29.8 Å². The van der Waals surface area contributed by atoms with Gasteiger partial charge in [-0.1, -0.05) is 19.1 Å². The monoisotopic (exact) mass is 277 g/mol. The lowest BCUT2D eigenvalue weighted by atomic mass is 10.1. The summed E-state index contributed by atoms with van der Waals surface area (Å²) < 4.78 is 11.6. The van der Waals surface area contributed by atoms with Crippen LogP contribution in [0.5, 0.6) is 5.75 Å². The van der Waals surface area contributed by atoms with Crippen molar-refractivity contribution in [1.82, 2.24) is 5.32 Å². The number of hydrogen-bond donors (Lipinski definition) is 1. The lowest BCUT2D eigenvalue weighted by Gasteiger charge is -2.21. The van der Waals surface area contributed by atoms with Gasteiger partial charge in [0.25, 0.3) is 0 Å². The highest BCUT2D eigenvalue weighted by Gasteiger charge is 2.23. The fourth-order valence-electron chi connectivity index (χ4n) is 2.04. The van der Waals surface area contributed by atoms with Crippen LogP contribution >= 0.6 is 0 Å². The Hall–Kier alpha value is -1.06. The van der Waals surface area contributed by atoms with Crippen molar-refractivity contribution in [3.8, 4) is 5.75 Å². The van der Waals surface area contributed by atoms with Gasteiger partial charge in [0, 0.05) is 0 Å². The van der Waals surface area contributed by atoms with Crippen molar-refractivity contribution in [2.24, 2.45) is 0 Å². The van der Waals surface area contributed by atoms with Crippen LogP contribution in [0.2, 0.25) is 0 Å². The molecule has 0 radical (unpaired) electrons. The Morgan fingerprint density at radius 3 is 2.45 bits per heavy atom. The first-order valence-electron chi connectivity index (χ1n) is 7.80. The molecule has 1 aromatic rings. The molecule has 0 spiro atoms. The van der Waals surface area contributed by atoms with Gasteiger partial charge < -0.3 is 14.8 Å². The minimum absolute atomic E-state index is 0.257. The van der Waals surface area contributed by atoms with Crippen LogP contribution in [0.4, 0.5) is 0 Å². The maximum absolute atomic E-state index is 5.79. The molecule has 1 aliphatic carbocycles. The molecular formula is C17H27NO2. The number of benzene rings is 1. The Balaban J connectivity index is 1.94. The number of hydrogen-bond acceptors (Lipinski definition) is 3. The molecule has 1 N–H and O–H groups in total. The van der Waals surface area contributed by atoms with Crippen molar-refractivity contribution in [3.63, 3.8) is 0 Å². The normalized spacial score (nSPS) is 16.4. The Bertz CT molecular complexity index is 384. The van der Waals surface area contributed by atoms with Gasteiger partial charge in [-0.15, -0.1) is 0 Å². The maximum Gasteiger partial charge on any atom is 0.119 e. The third-order valence-electron chi connectivity index (χ3n) is 3.35. The number of rotatable bonds is 9. The van der Waals surface area contributed by atoms with E-state index in [9.17, 15) is 0 Å². The molecule has 0 aromatic heterocycles. The Kier molecular flexibility index (Phi) is 5.86. The van der Waals surface area contributed by atoms with Gasteiger partial charge in [0.2, 0.25) is 0 Å². The SMILES string of the molecule is CCCNC(COC(C)C)c1ccc(OC2CC2)cc1. The fourth-order valence-corrected chi connectivity index (χ4v) is 2.04. The lowest BCUT2D eigenvalue weighted by molar-refractivity contribution is 0.0611. The molecule has 0 heterocycles. The fraction of sp³-hybridized carbons (Fsp3) is 0.647. The maximum atomic E-state index is 5.79. The molecule has 1 saturated carbocycles. The lowest BCUT2D eigenvalue weighted by Crippen LogP contribution is -2.27. The van der Waals surface area contributed by atoms with Gasteiger partial charge in [-0.25, -0.2) is 0 Å². The third-order valence-corrected chi connectivity index (χ3v) is 3.35. The minimum atomic E-state index is 0.257. The van der Waals surface area contributed by atoms with E-state index >= 15 is 0 Å². The summed E-state index contributed by atoms with van der Waals surface area (Å²) in [7, 11) is 0. The average molecular weight is 277 g/mol. The van der Waals surface area contributed by atoms with E-state index in [-0.39, 0.29) is 12.1 Å². The Morgan fingerprint density at radius 1 is 1.20 bits per heavy atom. The van der Waals surface area contributed by atoms with Gasteiger partial charge >= 0.3 is 0 Å². The Labute approximate surface area is 122 Å². The second-order valence-electron chi connectivity index (χ2n) is 5.78. The zero-order valence-corrected chi connectivity index (χ0v) is 12.9. The molecular weight excluding hydrogens is 250 g/mol. The van der Waals surface area contributed by atoms with Crippen molar-refractivity contribution in [1.29, 1.82) is 0 Å². The zero-order valence-electron chi connectivity index (χ0n) is 12.9. The van der Waals surface area contributed by atoms with Crippen molar-refractivity contribution in [2.75, 3.05) is 13.2 Å². The quantitative estimate of drug-likeness (QED) is 0.746. The van der Waals surface area contributed by atoms with Gasteiger partial charge in [-0.3, -0.25) is 0 Å². The summed E-state index contributed by atoms with van der Waals surface area (Å²) in [5.41, 5.74) is 1.27. The van der Waals surface area contributed by atoms with Crippen molar-refractivity contribution in [2.45, 2.75) is 58.3 Å². The smallest absolute Gasteiger partial charge is 0.119 e. The van der Waals surface area contributed by atoms with Crippen LogP contribution in [0.25, 0.3) is 0 Å². The van der Waals surface area contributed by atoms with Crippen LogP contribution < -0.4 is 10.1 Å². The first-order valence-corrected chi connectivity index (χ1v) is 7.80. The predicted octanol–water partition coefficient (Wildman–Crippen LogP) is 3.69. The van der Waals surface area contributed by atoms with E-state index in [1.807, 2.05) is 0 Å². The highest BCUT2D eigenvalue weighted by molar-refractivity contribution is 5.29. The van der Waals surface area contributed by atoms with Crippen molar-refractivity contribution < 1.29 is 9.47 Å². The molecule has 1 unspecified atom stereocenters. The first kappa shape index (κ1) is 15.3. The molecule has 0 amide bonds. The van der Waals surface area contributed by atoms with E-state index in [1.54, 1.807) is 0 Å². The van der Waals surface area contributed by atoms with E-state index in [4.69, 9.17) is 9.47 Å². The van der Waals surface area contributed by atoms with E-state index < -0.39 is 0 Å². The first-order chi connectivity index (χ1) is 9.69. The average Bonchev–Trinajstić information content (AvgIpc) is 3.24. The number of ether oxygens (including phenoxy) is 2. The molecule has 1 atom stereocenters. The molecule has 1 fully saturated rings. The molecule has 0 saturated heterocycles. The molecule has 20 heavy (non-hydrogen) atoms. The van der Waals surface area contributed by atoms with Crippen LogP contribution in [0.1, 0.15) is 51.6 Å². The van der Waals surface area contributed by atoms with Gasteiger partial charge in [0.05, 0.1) is 24.9 Å². The van der Waals surface area contributed by atoms with E-state index in [0.717, 1.165) is 18.7 Å². The van der Waals surface area contributed by atoms with Crippen LogP contribution in [-0.2, 0) is 4.74 Å². The molecule has 0 bridgehead atoms. The highest BCUT2D eigenvalue weighted by atomic mass is 16.5. The van der Waals surface area contributed by atoms with Gasteiger partial charge in [-0.05, 0) is 57.4 Å². The molecule has 112 valence electrons. The van der Waals surface area contributed by atoms with E-state index in [0.29, 0.717) is 12.7 Å². The van der Waals surface area contributed by atoms with Gasteiger partial charge in [0.15, 0.2) is 0 Å². The Morgan fingerprint density at radius 2 is 1.90 bits per heavy atom. The molecule has 1 aromatic carbocycles. The van der Waals surface area contributed by atoms with E-state index in [1.165, 1.54) is 18.4 Å². The molecule has 3 nitrogen and oxygen atoms in total. The summed E-state index contributed by atoms with van der Waals surface area (Å²) in [6.07, 6.45) is 4.24. The summed E-state index contributed by atoms with van der Waals surface area (Å²) in [4.78, 5) is 0. The zero-order chi connectivity index (χ0) is 14.4. The standard InChI is InChI=1S/C17H27NO2/c1-4-11-18-17(12-19-13(2)3)14-5-7-15(8-6-14)20-16-9-10-16/h5-8,13,16-18H,4,9-12H2,1-3H3. The van der Waals surface area contributed by atoms with Gasteiger partial charge in [0.1, 0.15) is 5.75 Å². The molecule has 2 rings (SSSR count). The van der Waals surface area contributed by atoms with Crippen LogP contribution in [-0.4, -0.2) is 25.4 Å². The number of nitrogens with one attached hydrogen (secondary N) is 1. The summed E-state index contributed by atoms with van der Waals surface area (Å²) >= 11 is 0. The predicted molar refractivity (Wildman–Crippen MR) is 82.2 cm³/mol. The third kappa shape index (κ3) is 5.14. The topological polar surface area (TPSA) is 30.5 Å². The van der Waals surface area contributed by atoms with Crippen LogP contribution in [0, 0.1) is 0 Å². The van der Waals surface area contributed by atoms with Crippen molar-refractivity contribution >= 4 is 0 Å². The van der Waals surface area contributed by atoms with E-state index in [2.05, 4.69) is 50.4 Å². The molecule has 1 aliphatic rings. The van der Waals surface area contributed by atoms with Crippen LogP contribution in [0.15, 0.2) is 24.3 Å². The summed E-state index contributed by atoms with van der Waals surface area (Å²) in [6, 6.07) is 8.70. The highest BCUT2D eigenvalue weighted by Crippen LogP contribution is 2.27. The summed E-state index contributed by atoms with van der Waals surface area (Å²) in [6.45, 7) is 8.04. The molecule has 0 aliphatic heterocycles. The molecule has 3 heteroatoms. The summed E-state index contributed by atoms with van der Waals surface area (Å²) in [5.74, 6) is 0.982. The van der Waals surface area contributed by atoms with Gasteiger partial charge in [-0.2, -0.15) is 0 Å². The second kappa shape index (κ2) is 7.65. The summed E-state index contributed by atoms with van der Waals surface area (Å²) in [5, 5.41) is 3.55. The van der Waals surface area contributed by atoms with Crippen LogP contribution in [0.3, 0.4) is 0 Å². The second-order valence-corrected chi connectivity index (χ2v) is 5.78. The minimum Gasteiger partial charge on any atom is -0.490 e.